The number of nitrogens with two attached hydrogens (primary N) is 1. The van der Waals surface area contributed by atoms with Gasteiger partial charge in [-0.25, -0.2) is 4.79 Å². The highest BCUT2D eigenvalue weighted by atomic mass is 16.5. The number of carbonyl (C=O) groups excluding carboxylic acids is 1. The topological polar surface area (TPSA) is 129 Å². The Balaban J connectivity index is 1.45. The number of nitrogens with one attached hydrogen (secondary N) is 2. The minimum atomic E-state index is -0.224. The lowest BCUT2D eigenvalue weighted by Crippen LogP contribution is -2.52. The van der Waals surface area contributed by atoms with Gasteiger partial charge in [0, 0.05) is 57.8 Å². The minimum absolute atomic E-state index is 0.0756. The normalized spacial score (nSPS) is 21.8. The van der Waals surface area contributed by atoms with Gasteiger partial charge in [0.15, 0.2) is 5.82 Å². The molecule has 2 aromatic heterocycles. The third-order valence-electron chi connectivity index (χ3n) is 8.59. The molecule has 11 nitrogen and oxygen atoms in total. The van der Waals surface area contributed by atoms with Crippen LogP contribution in [0.4, 0.5) is 10.6 Å². The molecule has 4 heterocycles. The third kappa shape index (κ3) is 4.84. The van der Waals surface area contributed by atoms with Gasteiger partial charge >= 0.3 is 6.03 Å². The first-order valence-corrected chi connectivity index (χ1v) is 13.7. The van der Waals surface area contributed by atoms with E-state index < -0.39 is 0 Å². The van der Waals surface area contributed by atoms with Crippen molar-refractivity contribution in [1.29, 1.82) is 5.41 Å². The molecule has 3 fully saturated rings. The number of hydrogen-bond donors (Lipinski definition) is 3. The third-order valence-corrected chi connectivity index (χ3v) is 8.59. The predicted molar refractivity (Wildman–Crippen MR) is 149 cm³/mol. The van der Waals surface area contributed by atoms with Gasteiger partial charge < -0.3 is 35.9 Å². The SMILES string of the molecule is CCN(C(=O)N/C(C=N)=C(/N)c1cc2c(cn1)c(N1CC(OC)C1)nn2CC1CCN(C)C1)C1(CC)CC1. The van der Waals surface area contributed by atoms with Crippen LogP contribution in [0.2, 0.25) is 0 Å². The van der Waals surface area contributed by atoms with Crippen molar-refractivity contribution in [3.8, 4) is 0 Å². The molecular formula is C27H41N9O2. The fraction of sp³-hybridized carbons (Fsp3) is 0.630. The van der Waals surface area contributed by atoms with Gasteiger partial charge in [-0.2, -0.15) is 5.10 Å². The van der Waals surface area contributed by atoms with E-state index in [4.69, 9.17) is 21.0 Å². The Morgan fingerprint density at radius 2 is 2.11 bits per heavy atom. The predicted octanol–water partition coefficient (Wildman–Crippen LogP) is 2.47. The standard InChI is InChI=1S/C27H41N9O2/c1-5-27(8-9-27)35(6-2)26(37)31-22(12-28)24(29)21-11-23-20(13-30-21)25(34-16-19(17-34)38-4)32-36(23)15-18-7-10-33(3)14-18/h11-13,18-19,28H,5-10,14-17,29H2,1-4H3,(H,31,37)/b24-22+,28-12?. The number of urea groups is 1. The summed E-state index contributed by atoms with van der Waals surface area (Å²) in [6.07, 6.45) is 7.20. The summed E-state index contributed by atoms with van der Waals surface area (Å²) >= 11 is 0. The highest BCUT2D eigenvalue weighted by molar-refractivity contribution is 5.96. The zero-order valence-corrected chi connectivity index (χ0v) is 23.0. The zero-order chi connectivity index (χ0) is 27.0. The van der Waals surface area contributed by atoms with Crippen molar-refractivity contribution in [3.05, 3.63) is 23.7 Å². The van der Waals surface area contributed by atoms with Crippen molar-refractivity contribution in [3.63, 3.8) is 0 Å². The molecule has 0 spiro atoms. The Bertz CT molecular complexity index is 1230. The minimum Gasteiger partial charge on any atom is -0.395 e. The smallest absolute Gasteiger partial charge is 0.322 e. The highest BCUT2D eigenvalue weighted by Gasteiger charge is 2.48. The number of pyridine rings is 1. The summed E-state index contributed by atoms with van der Waals surface area (Å²) in [4.78, 5) is 24.2. The fourth-order valence-electron chi connectivity index (χ4n) is 5.91. The van der Waals surface area contributed by atoms with Crippen molar-refractivity contribution in [2.45, 2.75) is 57.7 Å². The molecule has 206 valence electrons. The summed E-state index contributed by atoms with van der Waals surface area (Å²) < 4.78 is 7.55. The molecule has 2 aromatic rings. The van der Waals surface area contributed by atoms with E-state index in [1.54, 1.807) is 7.11 Å². The Kier molecular flexibility index (Phi) is 7.32. The molecule has 0 bridgehead atoms. The average Bonchev–Trinajstić information content (AvgIpc) is 3.45. The monoisotopic (exact) mass is 523 g/mol. The van der Waals surface area contributed by atoms with E-state index in [1.165, 1.54) is 0 Å². The molecule has 4 N–H and O–H groups in total. The van der Waals surface area contributed by atoms with Crippen LogP contribution < -0.4 is 16.0 Å². The summed E-state index contributed by atoms with van der Waals surface area (Å²) in [5.41, 5.74) is 8.45. The summed E-state index contributed by atoms with van der Waals surface area (Å²) in [6.45, 7) is 9.25. The molecular weight excluding hydrogens is 482 g/mol. The number of fused-ring (bicyclic) bond motifs is 1. The molecule has 38 heavy (non-hydrogen) atoms. The Morgan fingerprint density at radius 1 is 1.34 bits per heavy atom. The molecule has 11 heteroatoms. The lowest BCUT2D eigenvalue weighted by Gasteiger charge is -2.38. The maximum Gasteiger partial charge on any atom is 0.322 e. The van der Waals surface area contributed by atoms with Crippen LogP contribution in [0.5, 0.6) is 0 Å². The number of carbonyl (C=O) groups is 1. The van der Waals surface area contributed by atoms with Gasteiger partial charge in [0.05, 0.1) is 34.1 Å². The van der Waals surface area contributed by atoms with Crippen LogP contribution in [0.25, 0.3) is 16.6 Å². The van der Waals surface area contributed by atoms with E-state index in [2.05, 4.69) is 38.8 Å². The van der Waals surface area contributed by atoms with Crippen molar-refractivity contribution in [2.24, 2.45) is 11.7 Å². The quantitative estimate of drug-likeness (QED) is 0.408. The number of rotatable bonds is 10. The molecule has 1 unspecified atom stereocenters. The van der Waals surface area contributed by atoms with E-state index in [-0.39, 0.29) is 29.1 Å². The summed E-state index contributed by atoms with van der Waals surface area (Å²) in [5, 5.41) is 16.9. The van der Waals surface area contributed by atoms with E-state index in [1.807, 2.05) is 24.1 Å². The van der Waals surface area contributed by atoms with Crippen molar-refractivity contribution in [1.82, 2.24) is 29.9 Å². The van der Waals surface area contributed by atoms with Crippen LogP contribution >= 0.6 is 0 Å². The van der Waals surface area contributed by atoms with Gasteiger partial charge in [0.25, 0.3) is 0 Å². The van der Waals surface area contributed by atoms with Gasteiger partial charge in [-0.1, -0.05) is 6.92 Å². The first-order chi connectivity index (χ1) is 18.3. The van der Waals surface area contributed by atoms with E-state index >= 15 is 0 Å². The zero-order valence-electron chi connectivity index (χ0n) is 23.0. The molecule has 0 radical (unpaired) electrons. The van der Waals surface area contributed by atoms with Crippen molar-refractivity contribution >= 4 is 34.7 Å². The molecule has 1 saturated carbocycles. The molecule has 1 atom stereocenters. The number of allylic oxidation sites excluding steroid dienone is 1. The maximum atomic E-state index is 13.1. The molecule has 2 saturated heterocycles. The molecule has 2 amide bonds. The van der Waals surface area contributed by atoms with E-state index in [0.717, 1.165) is 81.3 Å². The number of ether oxygens (including phenoxy) is 1. The lowest BCUT2D eigenvalue weighted by molar-refractivity contribution is 0.0783. The Morgan fingerprint density at radius 3 is 2.68 bits per heavy atom. The maximum absolute atomic E-state index is 13.1. The molecule has 2 aliphatic heterocycles. The molecule has 3 aliphatic rings. The second-order valence-electron chi connectivity index (χ2n) is 11.0. The summed E-state index contributed by atoms with van der Waals surface area (Å²) in [6, 6.07) is 1.72. The number of hydrogen-bond acceptors (Lipinski definition) is 8. The number of aromatic nitrogens is 3. The highest BCUT2D eigenvalue weighted by Crippen LogP contribution is 2.44. The van der Waals surface area contributed by atoms with Gasteiger partial charge in [-0.05, 0) is 58.2 Å². The first-order valence-electron chi connectivity index (χ1n) is 13.7. The van der Waals surface area contributed by atoms with E-state index in [0.29, 0.717) is 18.2 Å². The van der Waals surface area contributed by atoms with Crippen LogP contribution in [0.1, 0.15) is 45.2 Å². The van der Waals surface area contributed by atoms with Crippen molar-refractivity contribution < 1.29 is 9.53 Å². The number of amides is 2. The second kappa shape index (κ2) is 10.5. The Hall–Kier alpha value is -3.18. The largest absolute Gasteiger partial charge is 0.395 e. The number of nitrogens with zero attached hydrogens (tertiary/aromatic N) is 6. The Labute approximate surface area is 224 Å². The van der Waals surface area contributed by atoms with Gasteiger partial charge in [-0.3, -0.25) is 9.67 Å². The second-order valence-corrected chi connectivity index (χ2v) is 11.0. The van der Waals surface area contributed by atoms with Crippen LogP contribution in [0, 0.1) is 11.3 Å². The molecule has 1 aliphatic carbocycles. The summed E-state index contributed by atoms with van der Waals surface area (Å²) in [5.74, 6) is 1.43. The number of anilines is 1. The molecule has 5 rings (SSSR count). The van der Waals surface area contributed by atoms with Crippen molar-refractivity contribution in [2.75, 3.05) is 51.8 Å². The van der Waals surface area contributed by atoms with Crippen LogP contribution in [-0.2, 0) is 11.3 Å². The number of likely N-dealkylation sites (tertiary alicyclic amines) is 1. The van der Waals surface area contributed by atoms with Gasteiger partial charge in [0.1, 0.15) is 0 Å². The van der Waals surface area contributed by atoms with Gasteiger partial charge in [-0.15, -0.1) is 0 Å². The van der Waals surface area contributed by atoms with Crippen LogP contribution in [-0.4, -0.2) is 95.3 Å². The fourth-order valence-corrected chi connectivity index (χ4v) is 5.91. The first kappa shape index (κ1) is 26.4. The lowest BCUT2D eigenvalue weighted by atomic mass is 10.1. The van der Waals surface area contributed by atoms with E-state index in [9.17, 15) is 4.79 Å². The summed E-state index contributed by atoms with van der Waals surface area (Å²) in [7, 11) is 3.90. The average molecular weight is 524 g/mol. The van der Waals surface area contributed by atoms with Crippen LogP contribution in [0.3, 0.4) is 0 Å². The van der Waals surface area contributed by atoms with Gasteiger partial charge in [0.2, 0.25) is 0 Å². The molecule has 0 aromatic carbocycles. The van der Waals surface area contributed by atoms with Crippen LogP contribution in [0.15, 0.2) is 18.0 Å². The number of methoxy groups -OCH3 is 1.